The van der Waals surface area contributed by atoms with E-state index in [-0.39, 0.29) is 12.1 Å². The molecule has 3 N–H and O–H groups in total. The molecule has 1 fully saturated rings. The van der Waals surface area contributed by atoms with Gasteiger partial charge in [0.1, 0.15) is 0 Å². The lowest BCUT2D eigenvalue weighted by molar-refractivity contribution is 0.214. The average molecular weight is 290 g/mol. The van der Waals surface area contributed by atoms with Crippen LogP contribution in [0.25, 0.3) is 0 Å². The molecular weight excluding hydrogens is 264 g/mol. The van der Waals surface area contributed by atoms with E-state index in [0.29, 0.717) is 5.92 Å². The van der Waals surface area contributed by atoms with E-state index in [2.05, 4.69) is 17.3 Å². The zero-order valence-corrected chi connectivity index (χ0v) is 13.2. The summed E-state index contributed by atoms with van der Waals surface area (Å²) in [5.74, 6) is 0.571. The van der Waals surface area contributed by atoms with E-state index < -0.39 is 0 Å². The zero-order valence-electron chi connectivity index (χ0n) is 13.2. The Balaban J connectivity index is 1.89. The third-order valence-electron chi connectivity index (χ3n) is 4.03. The van der Waals surface area contributed by atoms with E-state index in [1.54, 1.807) is 4.90 Å². The van der Waals surface area contributed by atoms with Gasteiger partial charge in [-0.3, -0.25) is 0 Å². The van der Waals surface area contributed by atoms with Crippen LogP contribution < -0.4 is 11.1 Å². The first-order valence-electron chi connectivity index (χ1n) is 7.52. The van der Waals surface area contributed by atoms with Crippen molar-refractivity contribution < 1.29 is 4.79 Å². The summed E-state index contributed by atoms with van der Waals surface area (Å²) < 4.78 is 0. The molecule has 1 aromatic rings. The lowest BCUT2D eigenvalue weighted by Crippen LogP contribution is -2.36. The summed E-state index contributed by atoms with van der Waals surface area (Å²) in [5, 5.41) is 2.94. The predicted octanol–water partition coefficient (Wildman–Crippen LogP) is 2.12. The molecular formula is C16H26N4O. The second kappa shape index (κ2) is 6.91. The van der Waals surface area contributed by atoms with Gasteiger partial charge in [0, 0.05) is 31.9 Å². The van der Waals surface area contributed by atoms with Crippen molar-refractivity contribution in [3.05, 3.63) is 29.8 Å². The molecule has 116 valence electrons. The summed E-state index contributed by atoms with van der Waals surface area (Å²) in [4.78, 5) is 16.3. The van der Waals surface area contributed by atoms with Gasteiger partial charge in [-0.15, -0.1) is 0 Å². The van der Waals surface area contributed by atoms with Crippen molar-refractivity contribution in [2.75, 3.05) is 39.0 Å². The molecule has 0 bridgehead atoms. The Kier molecular flexibility index (Phi) is 5.20. The Labute approximate surface area is 127 Å². The molecule has 1 aliphatic rings. The minimum atomic E-state index is -0.0635. The number of benzene rings is 1. The number of nitrogens with two attached hydrogens (primary N) is 1. The van der Waals surface area contributed by atoms with Gasteiger partial charge in [0.25, 0.3) is 0 Å². The van der Waals surface area contributed by atoms with E-state index in [0.717, 1.165) is 37.3 Å². The van der Waals surface area contributed by atoms with E-state index >= 15 is 0 Å². The Hall–Kier alpha value is -1.59. The number of nitrogens with zero attached hydrogens (tertiary/aromatic N) is 2. The van der Waals surface area contributed by atoms with Gasteiger partial charge in [-0.25, -0.2) is 4.79 Å². The van der Waals surface area contributed by atoms with E-state index in [4.69, 9.17) is 5.73 Å². The highest BCUT2D eigenvalue weighted by Gasteiger charge is 2.22. The highest BCUT2D eigenvalue weighted by Crippen LogP contribution is 2.18. The topological polar surface area (TPSA) is 61.6 Å². The summed E-state index contributed by atoms with van der Waals surface area (Å²) in [6, 6.07) is 7.61. The number of anilines is 1. The van der Waals surface area contributed by atoms with Crippen LogP contribution in [0.1, 0.15) is 24.9 Å². The molecule has 2 atom stereocenters. The summed E-state index contributed by atoms with van der Waals surface area (Å²) in [6.07, 6.45) is 1.16. The van der Waals surface area contributed by atoms with Crippen LogP contribution in [0.5, 0.6) is 0 Å². The Morgan fingerprint density at radius 3 is 2.95 bits per heavy atom. The summed E-state index contributed by atoms with van der Waals surface area (Å²) in [6.45, 7) is 4.92. The first kappa shape index (κ1) is 15.8. The SMILES string of the molecule is CC(N)c1cccc(NC(=O)N(C)CC2CCN(C)C2)c1. The lowest BCUT2D eigenvalue weighted by Gasteiger charge is -2.22. The first-order chi connectivity index (χ1) is 9.95. The summed E-state index contributed by atoms with van der Waals surface area (Å²) in [5.41, 5.74) is 7.68. The lowest BCUT2D eigenvalue weighted by atomic mass is 10.1. The summed E-state index contributed by atoms with van der Waals surface area (Å²) >= 11 is 0. The van der Waals surface area contributed by atoms with Crippen LogP contribution in [0.3, 0.4) is 0 Å². The second-order valence-electron chi connectivity index (χ2n) is 6.14. The van der Waals surface area contributed by atoms with Crippen molar-refractivity contribution in [1.82, 2.24) is 9.80 Å². The van der Waals surface area contributed by atoms with Crippen molar-refractivity contribution in [1.29, 1.82) is 0 Å². The third-order valence-corrected chi connectivity index (χ3v) is 4.03. The molecule has 2 rings (SSSR count). The maximum atomic E-state index is 12.2. The number of carbonyl (C=O) groups excluding carboxylic acids is 1. The van der Waals surface area contributed by atoms with Gasteiger partial charge in [0.2, 0.25) is 0 Å². The number of amides is 2. The maximum absolute atomic E-state index is 12.2. The number of rotatable bonds is 4. The molecule has 1 saturated heterocycles. The van der Waals surface area contributed by atoms with E-state index in [9.17, 15) is 4.79 Å². The van der Waals surface area contributed by atoms with Crippen molar-refractivity contribution in [2.24, 2.45) is 11.7 Å². The molecule has 5 heteroatoms. The number of hydrogen-bond acceptors (Lipinski definition) is 3. The van der Waals surface area contributed by atoms with Gasteiger partial charge >= 0.3 is 6.03 Å². The fourth-order valence-corrected chi connectivity index (χ4v) is 2.76. The van der Waals surface area contributed by atoms with Gasteiger partial charge in [-0.1, -0.05) is 12.1 Å². The maximum Gasteiger partial charge on any atom is 0.321 e. The summed E-state index contributed by atoms with van der Waals surface area (Å²) in [7, 11) is 3.97. The molecule has 0 aliphatic carbocycles. The standard InChI is InChI=1S/C16H26N4O/c1-12(17)14-5-4-6-15(9-14)18-16(21)20(3)11-13-7-8-19(2)10-13/h4-6,9,12-13H,7-8,10-11,17H2,1-3H3,(H,18,21). The van der Waals surface area contributed by atoms with Crippen molar-refractivity contribution >= 4 is 11.7 Å². The minimum absolute atomic E-state index is 0.0337. The van der Waals surface area contributed by atoms with Gasteiger partial charge in [0.15, 0.2) is 0 Å². The molecule has 0 aromatic heterocycles. The third kappa shape index (κ3) is 4.44. The van der Waals surface area contributed by atoms with Crippen molar-refractivity contribution in [3.63, 3.8) is 0 Å². The quantitative estimate of drug-likeness (QED) is 0.893. The molecule has 21 heavy (non-hydrogen) atoms. The van der Waals surface area contributed by atoms with Crippen LogP contribution in [0.15, 0.2) is 24.3 Å². The van der Waals surface area contributed by atoms with Crippen LogP contribution in [-0.2, 0) is 0 Å². The monoisotopic (exact) mass is 290 g/mol. The number of nitrogens with one attached hydrogen (secondary N) is 1. The molecule has 0 spiro atoms. The van der Waals surface area contributed by atoms with E-state index in [1.165, 1.54) is 0 Å². The van der Waals surface area contributed by atoms with Crippen LogP contribution in [-0.4, -0.2) is 49.6 Å². The Bertz CT molecular complexity index is 489. The van der Waals surface area contributed by atoms with Gasteiger partial charge in [0.05, 0.1) is 0 Å². The van der Waals surface area contributed by atoms with Crippen molar-refractivity contribution in [2.45, 2.75) is 19.4 Å². The smallest absolute Gasteiger partial charge is 0.321 e. The molecule has 1 heterocycles. The van der Waals surface area contributed by atoms with Crippen LogP contribution in [0, 0.1) is 5.92 Å². The Morgan fingerprint density at radius 1 is 1.57 bits per heavy atom. The highest BCUT2D eigenvalue weighted by atomic mass is 16.2. The molecule has 2 unspecified atom stereocenters. The molecule has 2 amide bonds. The number of urea groups is 1. The van der Waals surface area contributed by atoms with Gasteiger partial charge in [-0.05, 0) is 50.6 Å². The minimum Gasteiger partial charge on any atom is -0.327 e. The van der Waals surface area contributed by atoms with Crippen LogP contribution in [0.2, 0.25) is 0 Å². The normalized spacial score (nSPS) is 20.3. The average Bonchev–Trinajstić information content (AvgIpc) is 2.84. The molecule has 1 aliphatic heterocycles. The van der Waals surface area contributed by atoms with Crippen molar-refractivity contribution in [3.8, 4) is 0 Å². The zero-order chi connectivity index (χ0) is 15.4. The Morgan fingerprint density at radius 2 is 2.33 bits per heavy atom. The molecule has 0 radical (unpaired) electrons. The number of hydrogen-bond donors (Lipinski definition) is 2. The fraction of sp³-hybridized carbons (Fsp3) is 0.562. The number of carbonyl (C=O) groups is 1. The molecule has 5 nitrogen and oxygen atoms in total. The van der Waals surface area contributed by atoms with E-state index in [1.807, 2.05) is 38.2 Å². The van der Waals surface area contributed by atoms with Crippen LogP contribution >= 0.6 is 0 Å². The predicted molar refractivity (Wildman–Crippen MR) is 86.3 cm³/mol. The molecule has 0 saturated carbocycles. The fourth-order valence-electron chi connectivity index (χ4n) is 2.76. The highest BCUT2D eigenvalue weighted by molar-refractivity contribution is 5.89. The second-order valence-corrected chi connectivity index (χ2v) is 6.14. The largest absolute Gasteiger partial charge is 0.327 e. The van der Waals surface area contributed by atoms with Crippen LogP contribution in [0.4, 0.5) is 10.5 Å². The number of likely N-dealkylation sites (tertiary alicyclic amines) is 1. The van der Waals surface area contributed by atoms with Gasteiger partial charge < -0.3 is 20.9 Å². The van der Waals surface area contributed by atoms with Gasteiger partial charge in [-0.2, -0.15) is 0 Å². The molecule has 1 aromatic carbocycles. The first-order valence-corrected chi connectivity index (χ1v) is 7.52.